The molecule has 0 aliphatic heterocycles. The second kappa shape index (κ2) is 4.49. The maximum absolute atomic E-state index is 8.92. The zero-order valence-corrected chi connectivity index (χ0v) is 9.64. The summed E-state index contributed by atoms with van der Waals surface area (Å²) in [7, 11) is 0. The highest BCUT2D eigenvalue weighted by atomic mass is 16.2. The Morgan fingerprint density at radius 1 is 1.19 bits per heavy atom. The molecule has 0 saturated heterocycles. The number of aliphatic hydroxyl groups excluding tert-OH is 1. The standard InChI is InChI=1S/C13H16N2O/c1-10-3-4-11(2)15(10)13-9-12(6-8-16)5-7-14-13/h3-5,7,9,16H,6,8H2,1-2H3. The van der Waals surface area contributed by atoms with Gasteiger partial charge in [-0.25, -0.2) is 4.98 Å². The molecule has 2 rings (SSSR count). The van der Waals surface area contributed by atoms with Gasteiger partial charge in [0.05, 0.1) is 0 Å². The van der Waals surface area contributed by atoms with Gasteiger partial charge < -0.3 is 9.67 Å². The van der Waals surface area contributed by atoms with Gasteiger partial charge in [0.1, 0.15) is 5.82 Å². The molecule has 3 heteroatoms. The van der Waals surface area contributed by atoms with Crippen LogP contribution in [0.15, 0.2) is 30.5 Å². The Morgan fingerprint density at radius 2 is 1.88 bits per heavy atom. The Labute approximate surface area is 95.4 Å². The fourth-order valence-electron chi connectivity index (χ4n) is 1.90. The summed E-state index contributed by atoms with van der Waals surface area (Å²) in [5.74, 6) is 0.922. The monoisotopic (exact) mass is 216 g/mol. The zero-order chi connectivity index (χ0) is 11.5. The number of rotatable bonds is 3. The van der Waals surface area contributed by atoms with Gasteiger partial charge in [-0.15, -0.1) is 0 Å². The number of aliphatic hydroxyl groups is 1. The van der Waals surface area contributed by atoms with Crippen LogP contribution in [0.1, 0.15) is 17.0 Å². The summed E-state index contributed by atoms with van der Waals surface area (Å²) in [6.07, 6.45) is 2.47. The van der Waals surface area contributed by atoms with Crippen molar-refractivity contribution in [1.82, 2.24) is 9.55 Å². The lowest BCUT2D eigenvalue weighted by atomic mass is 10.2. The topological polar surface area (TPSA) is 38.0 Å². The van der Waals surface area contributed by atoms with E-state index in [0.29, 0.717) is 6.42 Å². The molecule has 0 aliphatic carbocycles. The van der Waals surface area contributed by atoms with Crippen LogP contribution in [-0.2, 0) is 6.42 Å². The van der Waals surface area contributed by atoms with E-state index in [1.54, 1.807) is 6.20 Å². The minimum atomic E-state index is 0.174. The van der Waals surface area contributed by atoms with Crippen molar-refractivity contribution < 1.29 is 5.11 Å². The van der Waals surface area contributed by atoms with Crippen molar-refractivity contribution in [2.24, 2.45) is 0 Å². The summed E-state index contributed by atoms with van der Waals surface area (Å²) in [6.45, 7) is 4.30. The fraction of sp³-hybridized carbons (Fsp3) is 0.308. The normalized spacial score (nSPS) is 10.7. The molecule has 84 valence electrons. The second-order valence-electron chi connectivity index (χ2n) is 3.95. The Hall–Kier alpha value is -1.61. The van der Waals surface area contributed by atoms with Crippen molar-refractivity contribution in [2.45, 2.75) is 20.3 Å². The molecule has 2 heterocycles. The van der Waals surface area contributed by atoms with Crippen LogP contribution in [0.5, 0.6) is 0 Å². The lowest BCUT2D eigenvalue weighted by molar-refractivity contribution is 0.299. The van der Waals surface area contributed by atoms with Gasteiger partial charge in [-0.2, -0.15) is 0 Å². The summed E-state index contributed by atoms with van der Waals surface area (Å²) in [4.78, 5) is 4.37. The van der Waals surface area contributed by atoms with Crippen LogP contribution in [-0.4, -0.2) is 21.3 Å². The van der Waals surface area contributed by atoms with Gasteiger partial charge in [0.25, 0.3) is 0 Å². The molecule has 0 spiro atoms. The number of hydrogen-bond acceptors (Lipinski definition) is 2. The fourth-order valence-corrected chi connectivity index (χ4v) is 1.90. The summed E-state index contributed by atoms with van der Waals surface area (Å²) in [5, 5.41) is 8.92. The first kappa shape index (κ1) is 10.9. The minimum absolute atomic E-state index is 0.174. The van der Waals surface area contributed by atoms with Crippen molar-refractivity contribution in [3.8, 4) is 5.82 Å². The summed E-state index contributed by atoms with van der Waals surface area (Å²) < 4.78 is 2.11. The van der Waals surface area contributed by atoms with Gasteiger partial charge >= 0.3 is 0 Å². The largest absolute Gasteiger partial charge is 0.396 e. The Balaban J connectivity index is 2.44. The molecule has 2 aromatic heterocycles. The Morgan fingerprint density at radius 3 is 2.50 bits per heavy atom. The van der Waals surface area contributed by atoms with Crippen LogP contribution in [0.3, 0.4) is 0 Å². The van der Waals surface area contributed by atoms with Gasteiger partial charge in [0.15, 0.2) is 0 Å². The van der Waals surface area contributed by atoms with E-state index in [9.17, 15) is 0 Å². The third kappa shape index (κ3) is 1.99. The molecule has 0 fully saturated rings. The first-order valence-corrected chi connectivity index (χ1v) is 5.43. The third-order valence-corrected chi connectivity index (χ3v) is 2.71. The average Bonchev–Trinajstić information content (AvgIpc) is 2.59. The lowest BCUT2D eigenvalue weighted by Gasteiger charge is -2.09. The number of aryl methyl sites for hydroxylation is 2. The molecule has 0 bridgehead atoms. The molecule has 0 aliphatic rings. The van der Waals surface area contributed by atoms with E-state index in [1.165, 1.54) is 11.4 Å². The van der Waals surface area contributed by atoms with Gasteiger partial charge in [-0.3, -0.25) is 0 Å². The number of pyridine rings is 1. The predicted molar refractivity (Wildman–Crippen MR) is 63.8 cm³/mol. The molecule has 0 unspecified atom stereocenters. The van der Waals surface area contributed by atoms with Crippen LogP contribution in [0.4, 0.5) is 0 Å². The van der Waals surface area contributed by atoms with E-state index in [0.717, 1.165) is 11.4 Å². The molecule has 0 aromatic carbocycles. The predicted octanol–water partition coefficient (Wildman–Crippen LogP) is 2.02. The highest BCUT2D eigenvalue weighted by Gasteiger charge is 2.05. The van der Waals surface area contributed by atoms with Crippen molar-refractivity contribution in [1.29, 1.82) is 0 Å². The first-order chi connectivity index (χ1) is 7.72. The number of nitrogens with zero attached hydrogens (tertiary/aromatic N) is 2. The van der Waals surface area contributed by atoms with Crippen molar-refractivity contribution in [2.75, 3.05) is 6.61 Å². The van der Waals surface area contributed by atoms with E-state index in [4.69, 9.17) is 5.11 Å². The van der Waals surface area contributed by atoms with E-state index in [1.807, 2.05) is 12.1 Å². The van der Waals surface area contributed by atoms with Crippen LogP contribution >= 0.6 is 0 Å². The Kier molecular flexibility index (Phi) is 3.06. The molecule has 0 atom stereocenters. The van der Waals surface area contributed by atoms with Crippen molar-refractivity contribution >= 4 is 0 Å². The summed E-state index contributed by atoms with van der Waals surface area (Å²) in [5.41, 5.74) is 3.46. The minimum Gasteiger partial charge on any atom is -0.396 e. The summed E-state index contributed by atoms with van der Waals surface area (Å²) in [6, 6.07) is 8.12. The van der Waals surface area contributed by atoms with Crippen LogP contribution in [0, 0.1) is 13.8 Å². The van der Waals surface area contributed by atoms with Crippen LogP contribution in [0.2, 0.25) is 0 Å². The SMILES string of the molecule is Cc1ccc(C)n1-c1cc(CCO)ccn1. The maximum Gasteiger partial charge on any atom is 0.137 e. The van der Waals surface area contributed by atoms with Gasteiger partial charge in [-0.1, -0.05) is 0 Å². The second-order valence-corrected chi connectivity index (χ2v) is 3.95. The molecular weight excluding hydrogens is 200 g/mol. The van der Waals surface area contributed by atoms with Crippen molar-refractivity contribution in [3.63, 3.8) is 0 Å². The smallest absolute Gasteiger partial charge is 0.137 e. The highest BCUT2D eigenvalue weighted by Crippen LogP contribution is 2.15. The van der Waals surface area contributed by atoms with Crippen LogP contribution < -0.4 is 0 Å². The molecule has 2 aromatic rings. The molecule has 0 radical (unpaired) electrons. The summed E-state index contributed by atoms with van der Waals surface area (Å²) >= 11 is 0. The maximum atomic E-state index is 8.92. The van der Waals surface area contributed by atoms with Gasteiger partial charge in [0.2, 0.25) is 0 Å². The van der Waals surface area contributed by atoms with E-state index < -0.39 is 0 Å². The molecule has 1 N–H and O–H groups in total. The molecule has 0 amide bonds. The first-order valence-electron chi connectivity index (χ1n) is 5.43. The third-order valence-electron chi connectivity index (χ3n) is 2.71. The quantitative estimate of drug-likeness (QED) is 0.852. The number of hydrogen-bond donors (Lipinski definition) is 1. The molecular formula is C13H16N2O. The zero-order valence-electron chi connectivity index (χ0n) is 9.64. The molecule has 0 saturated carbocycles. The number of aromatic nitrogens is 2. The van der Waals surface area contributed by atoms with Gasteiger partial charge in [0, 0.05) is 24.2 Å². The lowest BCUT2D eigenvalue weighted by Crippen LogP contribution is -2.02. The van der Waals surface area contributed by atoms with E-state index in [-0.39, 0.29) is 6.61 Å². The van der Waals surface area contributed by atoms with Gasteiger partial charge in [-0.05, 0) is 50.1 Å². The van der Waals surface area contributed by atoms with E-state index in [2.05, 4.69) is 35.5 Å². The Bertz CT molecular complexity index is 469. The highest BCUT2D eigenvalue weighted by molar-refractivity contribution is 5.34. The van der Waals surface area contributed by atoms with E-state index >= 15 is 0 Å². The average molecular weight is 216 g/mol. The molecule has 3 nitrogen and oxygen atoms in total. The van der Waals surface area contributed by atoms with Crippen molar-refractivity contribution in [3.05, 3.63) is 47.4 Å². The molecule has 16 heavy (non-hydrogen) atoms. The van der Waals surface area contributed by atoms with Crippen LogP contribution in [0.25, 0.3) is 5.82 Å².